The number of pyridine rings is 1. The molecule has 0 radical (unpaired) electrons. The average Bonchev–Trinajstić information content (AvgIpc) is 3.49. The number of imidazole rings is 1. The van der Waals surface area contributed by atoms with E-state index in [-0.39, 0.29) is 17.8 Å². The minimum absolute atomic E-state index is 0.0715. The number of oxazole rings is 1. The number of aromatic nitrogens is 5. The summed E-state index contributed by atoms with van der Waals surface area (Å²) in [6.07, 6.45) is -5.23. The molecule has 4 aromatic heterocycles. The molecule has 8 nitrogen and oxygen atoms in total. The van der Waals surface area contributed by atoms with Crippen molar-refractivity contribution in [1.29, 1.82) is 0 Å². The Kier molecular flexibility index (Phi) is 4.50. The number of fused-ring (bicyclic) bond motifs is 2. The van der Waals surface area contributed by atoms with Gasteiger partial charge in [-0.1, -0.05) is 6.07 Å². The normalized spacial score (nSPS) is 16.7. The van der Waals surface area contributed by atoms with E-state index >= 15 is 0 Å². The zero-order valence-electron chi connectivity index (χ0n) is 16.0. The number of alkyl halides is 5. The van der Waals surface area contributed by atoms with E-state index in [4.69, 9.17) is 4.42 Å². The number of amides is 1. The first-order valence-corrected chi connectivity index (χ1v) is 9.36. The summed E-state index contributed by atoms with van der Waals surface area (Å²) in [7, 11) is 0. The van der Waals surface area contributed by atoms with Crippen LogP contribution in [-0.4, -0.2) is 41.9 Å². The first-order valence-electron chi connectivity index (χ1n) is 9.36. The van der Waals surface area contributed by atoms with Crippen LogP contribution in [0, 0.1) is 0 Å². The second kappa shape index (κ2) is 7.14. The lowest BCUT2D eigenvalue weighted by molar-refractivity contribution is -0.142. The molecular formula is C19H13F5N6O2. The molecule has 1 aliphatic heterocycles. The Morgan fingerprint density at radius 3 is 2.81 bits per heavy atom. The second-order valence-corrected chi connectivity index (χ2v) is 7.10. The van der Waals surface area contributed by atoms with Crippen molar-refractivity contribution in [2.75, 3.05) is 6.54 Å². The SMILES string of the molecule is O=C(c1ocnc1C(F)F)N1CCc2[nH]cnc2[C@H]1c1cc2cccc(C(F)(F)F)n2n1. The van der Waals surface area contributed by atoms with Gasteiger partial charge in [0, 0.05) is 18.7 Å². The summed E-state index contributed by atoms with van der Waals surface area (Å²) in [4.78, 5) is 24.9. The van der Waals surface area contributed by atoms with E-state index in [9.17, 15) is 26.7 Å². The maximum absolute atomic E-state index is 13.4. The molecule has 0 saturated carbocycles. The molecule has 0 aliphatic carbocycles. The third kappa shape index (κ3) is 3.11. The van der Waals surface area contributed by atoms with Gasteiger partial charge in [0.05, 0.1) is 23.2 Å². The predicted molar refractivity (Wildman–Crippen MR) is 96.8 cm³/mol. The number of carbonyl (C=O) groups is 1. The Morgan fingerprint density at radius 1 is 1.25 bits per heavy atom. The molecular weight excluding hydrogens is 439 g/mol. The topological polar surface area (TPSA) is 92.3 Å². The number of rotatable bonds is 3. The fourth-order valence-corrected chi connectivity index (χ4v) is 3.88. The summed E-state index contributed by atoms with van der Waals surface area (Å²) in [5, 5.41) is 4.11. The molecule has 0 saturated heterocycles. The summed E-state index contributed by atoms with van der Waals surface area (Å²) in [6, 6.07) is 3.96. The number of carbonyl (C=O) groups excluding carboxylic acids is 1. The molecule has 1 N–H and O–H groups in total. The van der Waals surface area contributed by atoms with Gasteiger partial charge in [-0.15, -0.1) is 0 Å². The molecule has 0 bridgehead atoms. The van der Waals surface area contributed by atoms with Gasteiger partial charge >= 0.3 is 6.18 Å². The van der Waals surface area contributed by atoms with Gasteiger partial charge in [-0.25, -0.2) is 23.3 Å². The number of nitrogens with zero attached hydrogens (tertiary/aromatic N) is 5. The van der Waals surface area contributed by atoms with E-state index in [1.807, 2.05) is 0 Å². The first kappa shape index (κ1) is 20.2. The molecule has 5 rings (SSSR count). The van der Waals surface area contributed by atoms with Gasteiger partial charge in [0.2, 0.25) is 5.76 Å². The highest BCUT2D eigenvalue weighted by Gasteiger charge is 2.40. The van der Waals surface area contributed by atoms with Gasteiger partial charge in [0.25, 0.3) is 12.3 Å². The van der Waals surface area contributed by atoms with E-state index in [0.717, 1.165) is 17.0 Å². The molecule has 0 fully saturated rings. The highest BCUT2D eigenvalue weighted by atomic mass is 19.4. The summed E-state index contributed by atoms with van der Waals surface area (Å²) in [6.45, 7) is 0.0715. The molecule has 5 heterocycles. The fourth-order valence-electron chi connectivity index (χ4n) is 3.88. The molecule has 1 amide bonds. The van der Waals surface area contributed by atoms with Gasteiger partial charge < -0.3 is 14.3 Å². The van der Waals surface area contributed by atoms with Gasteiger partial charge in [0.15, 0.2) is 12.1 Å². The molecule has 4 aromatic rings. The standard InChI is InChI=1S/C19H13F5N6O2/c20-17(21)14-16(32-8-27-14)18(31)29-5-4-10-13(26-7-25-10)15(29)11-6-9-2-1-3-12(19(22,23)24)30(9)28-11/h1-3,6-8,15,17H,4-5H2,(H,25,26)/t15-/m1/s1. The Hall–Kier alpha value is -3.77. The first-order chi connectivity index (χ1) is 15.3. The number of nitrogens with one attached hydrogen (secondary N) is 1. The average molecular weight is 452 g/mol. The number of H-pyrrole nitrogens is 1. The Labute approximate surface area is 175 Å². The molecule has 1 atom stereocenters. The molecule has 13 heteroatoms. The van der Waals surface area contributed by atoms with Crippen LogP contribution in [0.4, 0.5) is 22.0 Å². The van der Waals surface area contributed by atoms with Crippen molar-refractivity contribution < 1.29 is 31.2 Å². The minimum Gasteiger partial charge on any atom is -0.438 e. The van der Waals surface area contributed by atoms with Crippen LogP contribution in [0.25, 0.3) is 5.52 Å². The highest BCUT2D eigenvalue weighted by molar-refractivity contribution is 5.93. The lowest BCUT2D eigenvalue weighted by Gasteiger charge is -2.33. The van der Waals surface area contributed by atoms with Crippen LogP contribution >= 0.6 is 0 Å². The van der Waals surface area contributed by atoms with E-state index < -0.39 is 41.7 Å². The Morgan fingerprint density at radius 2 is 2.06 bits per heavy atom. The molecule has 1 aliphatic rings. The third-order valence-corrected chi connectivity index (χ3v) is 5.26. The predicted octanol–water partition coefficient (Wildman–Crippen LogP) is 3.79. The van der Waals surface area contributed by atoms with Gasteiger partial charge in [0.1, 0.15) is 11.7 Å². The van der Waals surface area contributed by atoms with Crippen molar-refractivity contribution in [3.05, 3.63) is 71.2 Å². The van der Waals surface area contributed by atoms with E-state index in [1.165, 1.54) is 29.4 Å². The number of halogens is 5. The lowest BCUT2D eigenvalue weighted by Crippen LogP contribution is -2.41. The minimum atomic E-state index is -4.66. The zero-order valence-corrected chi connectivity index (χ0v) is 16.0. The summed E-state index contributed by atoms with van der Waals surface area (Å²) in [5.74, 6) is -1.52. The number of hydrogen-bond donors (Lipinski definition) is 1. The maximum atomic E-state index is 13.4. The monoisotopic (exact) mass is 452 g/mol. The highest BCUT2D eigenvalue weighted by Crippen LogP contribution is 2.36. The van der Waals surface area contributed by atoms with Gasteiger partial charge in [-0.05, 0) is 18.2 Å². The largest absolute Gasteiger partial charge is 0.438 e. The van der Waals surface area contributed by atoms with Crippen molar-refractivity contribution in [1.82, 2.24) is 29.5 Å². The van der Waals surface area contributed by atoms with Crippen LogP contribution < -0.4 is 0 Å². The molecule has 32 heavy (non-hydrogen) atoms. The van der Waals surface area contributed by atoms with Crippen LogP contribution in [0.15, 0.2) is 41.4 Å². The van der Waals surface area contributed by atoms with Crippen molar-refractivity contribution in [2.24, 2.45) is 0 Å². The van der Waals surface area contributed by atoms with Crippen LogP contribution in [0.2, 0.25) is 0 Å². The quantitative estimate of drug-likeness (QED) is 0.478. The number of aromatic amines is 1. The van der Waals surface area contributed by atoms with Crippen LogP contribution in [0.3, 0.4) is 0 Å². The van der Waals surface area contributed by atoms with E-state index in [2.05, 4.69) is 20.1 Å². The zero-order chi connectivity index (χ0) is 22.6. The molecule has 166 valence electrons. The summed E-state index contributed by atoms with van der Waals surface area (Å²) >= 11 is 0. The van der Waals surface area contributed by atoms with Crippen molar-refractivity contribution in [3.8, 4) is 0 Å². The van der Waals surface area contributed by atoms with Crippen molar-refractivity contribution >= 4 is 11.4 Å². The van der Waals surface area contributed by atoms with Gasteiger partial charge in [-0.2, -0.15) is 18.3 Å². The molecule has 0 aromatic carbocycles. The maximum Gasteiger partial charge on any atom is 0.433 e. The van der Waals surface area contributed by atoms with E-state index in [0.29, 0.717) is 17.8 Å². The van der Waals surface area contributed by atoms with Crippen LogP contribution in [-0.2, 0) is 12.6 Å². The second-order valence-electron chi connectivity index (χ2n) is 7.10. The Balaban J connectivity index is 1.64. The van der Waals surface area contributed by atoms with E-state index in [1.54, 1.807) is 0 Å². The Bertz CT molecular complexity index is 1310. The lowest BCUT2D eigenvalue weighted by atomic mass is 9.99. The summed E-state index contributed by atoms with van der Waals surface area (Å²) < 4.78 is 72.5. The summed E-state index contributed by atoms with van der Waals surface area (Å²) in [5.41, 5.74) is -0.527. The smallest absolute Gasteiger partial charge is 0.433 e. The number of hydrogen-bond acceptors (Lipinski definition) is 5. The third-order valence-electron chi connectivity index (χ3n) is 5.26. The van der Waals surface area contributed by atoms with Crippen molar-refractivity contribution in [2.45, 2.75) is 25.1 Å². The van der Waals surface area contributed by atoms with Crippen LogP contribution in [0.5, 0.6) is 0 Å². The molecule has 0 unspecified atom stereocenters. The van der Waals surface area contributed by atoms with Crippen LogP contribution in [0.1, 0.15) is 51.5 Å². The van der Waals surface area contributed by atoms with Gasteiger partial charge in [-0.3, -0.25) is 4.79 Å². The fraction of sp³-hybridized carbons (Fsp3) is 0.263. The van der Waals surface area contributed by atoms with Crippen molar-refractivity contribution in [3.63, 3.8) is 0 Å². The molecule has 0 spiro atoms.